The maximum Gasteiger partial charge on any atom is 0.161 e. The molecule has 0 radical (unpaired) electrons. The number of hydrogen-bond donors (Lipinski definition) is 1. The van der Waals surface area contributed by atoms with Crippen LogP contribution in [0.3, 0.4) is 0 Å². The van der Waals surface area contributed by atoms with Crippen molar-refractivity contribution in [1.82, 2.24) is 15.1 Å². The molecule has 2 rings (SSSR count). The summed E-state index contributed by atoms with van der Waals surface area (Å²) in [5.74, 6) is 2.64. The van der Waals surface area contributed by atoms with Gasteiger partial charge in [-0.1, -0.05) is 6.92 Å². The van der Waals surface area contributed by atoms with Gasteiger partial charge in [0.2, 0.25) is 0 Å². The van der Waals surface area contributed by atoms with Crippen molar-refractivity contribution in [2.24, 2.45) is 0 Å². The zero-order valence-corrected chi connectivity index (χ0v) is 13.7. The van der Waals surface area contributed by atoms with Crippen molar-refractivity contribution in [3.63, 3.8) is 0 Å². The molecule has 0 amide bonds. The maximum atomic E-state index is 5.70. The highest BCUT2D eigenvalue weighted by Gasteiger charge is 2.27. The lowest BCUT2D eigenvalue weighted by atomic mass is 10.0. The van der Waals surface area contributed by atoms with Crippen molar-refractivity contribution in [2.45, 2.75) is 46.7 Å². The van der Waals surface area contributed by atoms with E-state index in [4.69, 9.17) is 9.15 Å². The van der Waals surface area contributed by atoms with Crippen molar-refractivity contribution >= 4 is 0 Å². The fraction of sp³-hybridized carbons (Fsp3) is 0.562. The molecule has 0 spiro atoms. The lowest BCUT2D eigenvalue weighted by Crippen LogP contribution is -2.26. The SMILES string of the molecule is CCNC(c1cc(C)oc1C)c1c(OC)cnn1C(C)C. The third-order valence-corrected chi connectivity index (χ3v) is 3.58. The Kier molecular flexibility index (Phi) is 4.73. The molecular weight excluding hydrogens is 266 g/mol. The molecule has 21 heavy (non-hydrogen) atoms. The summed E-state index contributed by atoms with van der Waals surface area (Å²) < 4.78 is 13.2. The number of nitrogens with zero attached hydrogens (tertiary/aromatic N) is 2. The Bertz CT molecular complexity index is 599. The van der Waals surface area contributed by atoms with E-state index >= 15 is 0 Å². The second-order valence-electron chi connectivity index (χ2n) is 5.50. The van der Waals surface area contributed by atoms with Crippen LogP contribution in [-0.2, 0) is 0 Å². The highest BCUT2D eigenvalue weighted by molar-refractivity contribution is 5.38. The maximum absolute atomic E-state index is 5.70. The molecule has 1 N–H and O–H groups in total. The van der Waals surface area contributed by atoms with Gasteiger partial charge >= 0.3 is 0 Å². The Hall–Kier alpha value is -1.75. The molecule has 5 heteroatoms. The standard InChI is InChI=1S/C16H25N3O2/c1-7-17-15(13-8-11(4)21-12(13)5)16-14(20-6)9-18-19(16)10(2)3/h8-10,15,17H,7H2,1-6H3. The van der Waals surface area contributed by atoms with E-state index in [-0.39, 0.29) is 12.1 Å². The lowest BCUT2D eigenvalue weighted by Gasteiger charge is -2.22. The number of aryl methyl sites for hydroxylation is 2. The fourth-order valence-corrected chi connectivity index (χ4v) is 2.69. The summed E-state index contributed by atoms with van der Waals surface area (Å²) in [7, 11) is 1.68. The first kappa shape index (κ1) is 15.6. The van der Waals surface area contributed by atoms with E-state index in [0.29, 0.717) is 0 Å². The molecule has 0 fully saturated rings. The molecule has 2 aromatic rings. The van der Waals surface area contributed by atoms with E-state index in [2.05, 4.69) is 37.3 Å². The minimum atomic E-state index is 0.00676. The normalized spacial score (nSPS) is 12.9. The van der Waals surface area contributed by atoms with Crippen LogP contribution in [0.2, 0.25) is 0 Å². The van der Waals surface area contributed by atoms with Gasteiger partial charge in [-0.3, -0.25) is 4.68 Å². The number of ether oxygens (including phenoxy) is 1. The van der Waals surface area contributed by atoms with Gasteiger partial charge in [0.1, 0.15) is 17.2 Å². The van der Waals surface area contributed by atoms with Gasteiger partial charge in [-0.15, -0.1) is 0 Å². The largest absolute Gasteiger partial charge is 0.493 e. The molecule has 116 valence electrons. The van der Waals surface area contributed by atoms with Gasteiger partial charge in [0.05, 0.1) is 19.3 Å². The molecule has 0 aliphatic rings. The van der Waals surface area contributed by atoms with Crippen molar-refractivity contribution in [2.75, 3.05) is 13.7 Å². The third kappa shape index (κ3) is 2.97. The highest BCUT2D eigenvalue weighted by atomic mass is 16.5. The molecule has 0 aromatic carbocycles. The number of rotatable bonds is 6. The van der Waals surface area contributed by atoms with Gasteiger partial charge in [0.25, 0.3) is 0 Å². The zero-order valence-electron chi connectivity index (χ0n) is 13.7. The van der Waals surface area contributed by atoms with Crippen LogP contribution in [0.4, 0.5) is 0 Å². The molecule has 0 aliphatic heterocycles. The predicted molar refractivity (Wildman–Crippen MR) is 82.9 cm³/mol. The Balaban J connectivity index is 2.57. The number of methoxy groups -OCH3 is 1. The van der Waals surface area contributed by atoms with E-state index in [0.717, 1.165) is 35.1 Å². The Labute approximate surface area is 126 Å². The van der Waals surface area contributed by atoms with Crippen molar-refractivity contribution < 1.29 is 9.15 Å². The third-order valence-electron chi connectivity index (χ3n) is 3.58. The summed E-state index contributed by atoms with van der Waals surface area (Å²) >= 11 is 0. The van der Waals surface area contributed by atoms with Gasteiger partial charge in [0.15, 0.2) is 5.75 Å². The molecule has 1 unspecified atom stereocenters. The van der Waals surface area contributed by atoms with Gasteiger partial charge < -0.3 is 14.5 Å². The van der Waals surface area contributed by atoms with Crippen LogP contribution in [0.25, 0.3) is 0 Å². The minimum absolute atomic E-state index is 0.00676. The molecule has 0 bridgehead atoms. The summed E-state index contributed by atoms with van der Waals surface area (Å²) in [6.45, 7) is 11.1. The van der Waals surface area contributed by atoms with Crippen molar-refractivity contribution in [3.05, 3.63) is 35.0 Å². The van der Waals surface area contributed by atoms with Crippen molar-refractivity contribution in [1.29, 1.82) is 0 Å². The Morgan fingerprint density at radius 2 is 2.10 bits per heavy atom. The average molecular weight is 291 g/mol. The van der Waals surface area contributed by atoms with E-state index in [1.165, 1.54) is 0 Å². The number of aromatic nitrogens is 2. The first-order valence-corrected chi connectivity index (χ1v) is 7.41. The highest BCUT2D eigenvalue weighted by Crippen LogP contribution is 2.34. The molecular formula is C16H25N3O2. The van der Waals surface area contributed by atoms with Gasteiger partial charge in [-0.25, -0.2) is 0 Å². The Morgan fingerprint density at radius 3 is 2.57 bits per heavy atom. The smallest absolute Gasteiger partial charge is 0.161 e. The molecule has 0 aliphatic carbocycles. The summed E-state index contributed by atoms with van der Waals surface area (Å²) in [4.78, 5) is 0. The zero-order chi connectivity index (χ0) is 15.6. The van der Waals surface area contributed by atoms with E-state index in [1.54, 1.807) is 13.3 Å². The second-order valence-corrected chi connectivity index (χ2v) is 5.50. The molecule has 5 nitrogen and oxygen atoms in total. The average Bonchev–Trinajstić information content (AvgIpc) is 2.99. The lowest BCUT2D eigenvalue weighted by molar-refractivity contribution is 0.393. The van der Waals surface area contributed by atoms with Gasteiger partial charge in [-0.2, -0.15) is 5.10 Å². The van der Waals surface area contributed by atoms with Crippen LogP contribution in [0, 0.1) is 13.8 Å². The van der Waals surface area contributed by atoms with Crippen LogP contribution in [0.15, 0.2) is 16.7 Å². The van der Waals surface area contributed by atoms with E-state index in [9.17, 15) is 0 Å². The van der Waals surface area contributed by atoms with Crippen LogP contribution >= 0.6 is 0 Å². The molecule has 0 saturated heterocycles. The summed E-state index contributed by atoms with van der Waals surface area (Å²) in [5.41, 5.74) is 2.17. The number of nitrogens with one attached hydrogen (secondary N) is 1. The molecule has 1 atom stereocenters. The van der Waals surface area contributed by atoms with Crippen LogP contribution in [-0.4, -0.2) is 23.4 Å². The number of hydrogen-bond acceptors (Lipinski definition) is 4. The second kappa shape index (κ2) is 6.35. The topological polar surface area (TPSA) is 52.2 Å². The summed E-state index contributed by atoms with van der Waals surface area (Å²) in [6, 6.07) is 2.35. The molecule has 2 aromatic heterocycles. The van der Waals surface area contributed by atoms with Crippen LogP contribution < -0.4 is 10.1 Å². The van der Waals surface area contributed by atoms with Gasteiger partial charge in [0, 0.05) is 11.6 Å². The Morgan fingerprint density at radius 1 is 1.38 bits per heavy atom. The monoisotopic (exact) mass is 291 g/mol. The predicted octanol–water partition coefficient (Wildman–Crippen LogP) is 3.38. The van der Waals surface area contributed by atoms with Crippen molar-refractivity contribution in [3.8, 4) is 5.75 Å². The van der Waals surface area contributed by atoms with Gasteiger partial charge in [-0.05, 0) is 40.3 Å². The fourth-order valence-electron chi connectivity index (χ4n) is 2.69. The minimum Gasteiger partial charge on any atom is -0.493 e. The van der Waals surface area contributed by atoms with Crippen LogP contribution in [0.5, 0.6) is 5.75 Å². The summed E-state index contributed by atoms with van der Waals surface area (Å²) in [5, 5.41) is 8.00. The molecule has 2 heterocycles. The summed E-state index contributed by atoms with van der Waals surface area (Å²) in [6.07, 6.45) is 1.78. The van der Waals surface area contributed by atoms with Crippen LogP contribution in [0.1, 0.15) is 55.6 Å². The van der Waals surface area contributed by atoms with E-state index in [1.807, 2.05) is 18.5 Å². The number of furan rings is 1. The molecule has 0 saturated carbocycles. The van der Waals surface area contributed by atoms with E-state index < -0.39 is 0 Å². The first-order valence-electron chi connectivity index (χ1n) is 7.41. The first-order chi connectivity index (χ1) is 9.99. The quantitative estimate of drug-likeness (QED) is 0.886.